The zero-order valence-corrected chi connectivity index (χ0v) is 21.3. The molecule has 33 heavy (non-hydrogen) atoms. The minimum Gasteiger partial charge on any atom is -0.345 e. The lowest BCUT2D eigenvalue weighted by molar-refractivity contribution is -0.00172. The highest BCUT2D eigenvalue weighted by Gasteiger charge is 2.33. The molecule has 13 heteroatoms. The Kier molecular flexibility index (Phi) is 6.76. The fourth-order valence-corrected chi connectivity index (χ4v) is 6.71. The summed E-state index contributed by atoms with van der Waals surface area (Å²) in [5, 5.41) is 6.07. The molecular formula is C20H24Cl2N6O3S2. The Bertz CT molecular complexity index is 1270. The summed E-state index contributed by atoms with van der Waals surface area (Å²) in [6.07, 6.45) is 0. The predicted molar refractivity (Wildman–Crippen MR) is 130 cm³/mol. The number of carbonyl (C=O) groups excluding carboxylic acids is 1. The third-order valence-corrected chi connectivity index (χ3v) is 9.12. The summed E-state index contributed by atoms with van der Waals surface area (Å²) in [6, 6.07) is 6.80. The second-order valence-electron chi connectivity index (χ2n) is 8.08. The average molecular weight is 531 g/mol. The van der Waals surface area contributed by atoms with Crippen LogP contribution in [0.5, 0.6) is 0 Å². The van der Waals surface area contributed by atoms with Gasteiger partial charge in [-0.05, 0) is 24.3 Å². The van der Waals surface area contributed by atoms with Crippen LogP contribution in [0.3, 0.4) is 0 Å². The highest BCUT2D eigenvalue weighted by Crippen LogP contribution is 2.28. The average Bonchev–Trinajstić information content (AvgIpc) is 3.37. The van der Waals surface area contributed by atoms with Crippen LogP contribution in [0.1, 0.15) is 20.4 Å². The summed E-state index contributed by atoms with van der Waals surface area (Å²) in [5.41, 5.74) is 1.66. The van der Waals surface area contributed by atoms with Gasteiger partial charge < -0.3 is 9.88 Å². The lowest BCUT2D eigenvalue weighted by atomic mass is 10.2. The number of nitrogens with one attached hydrogen (secondary N) is 1. The van der Waals surface area contributed by atoms with Gasteiger partial charge in [-0.25, -0.2) is 23.4 Å². The number of aromatic amines is 1. The van der Waals surface area contributed by atoms with Gasteiger partial charge in [0.05, 0.1) is 12.2 Å². The molecule has 178 valence electrons. The highest BCUT2D eigenvalue weighted by molar-refractivity contribution is 7.89. The number of halogens is 2. The molecule has 0 unspecified atom stereocenters. The standard InChI is InChI=1S/C20H23ClN6O3S2.ClH/c1-24-11-16-17(12-25(24)2)31-19(23-16)20(28)26-5-7-27(8-6-26)32(29,30)18-10-13-9-14(21)3-4-15(13)22-18;/h3-4,9-10,22H,5-8,11-12H2,1-2H3;1H. The third kappa shape index (κ3) is 4.51. The number of amides is 1. The number of aromatic nitrogens is 2. The molecule has 5 rings (SSSR count). The molecule has 4 heterocycles. The van der Waals surface area contributed by atoms with Gasteiger partial charge in [0, 0.05) is 67.6 Å². The zero-order chi connectivity index (χ0) is 22.6. The molecule has 1 N–H and O–H groups in total. The lowest BCUT2D eigenvalue weighted by Gasteiger charge is -2.33. The van der Waals surface area contributed by atoms with E-state index in [4.69, 9.17) is 11.6 Å². The fraction of sp³-hybridized carbons (Fsp3) is 0.400. The minimum absolute atomic E-state index is 0. The van der Waals surface area contributed by atoms with E-state index in [-0.39, 0.29) is 36.4 Å². The van der Waals surface area contributed by atoms with Gasteiger partial charge in [-0.15, -0.1) is 23.7 Å². The monoisotopic (exact) mass is 530 g/mol. The number of carbonyl (C=O) groups is 1. The number of hydrogen-bond donors (Lipinski definition) is 1. The molecule has 0 bridgehead atoms. The van der Waals surface area contributed by atoms with Crippen molar-refractivity contribution in [3.63, 3.8) is 0 Å². The van der Waals surface area contributed by atoms with Crippen LogP contribution in [0.15, 0.2) is 29.3 Å². The molecule has 0 aliphatic carbocycles. The number of hydrogen-bond acceptors (Lipinski definition) is 7. The van der Waals surface area contributed by atoms with Crippen molar-refractivity contribution < 1.29 is 13.2 Å². The van der Waals surface area contributed by atoms with Crippen LogP contribution < -0.4 is 0 Å². The van der Waals surface area contributed by atoms with Crippen LogP contribution in [0.25, 0.3) is 10.9 Å². The Labute approximate surface area is 207 Å². The second kappa shape index (κ2) is 9.14. The molecule has 2 aliphatic heterocycles. The maximum absolute atomic E-state index is 13.1. The molecule has 1 fully saturated rings. The van der Waals surface area contributed by atoms with Crippen LogP contribution in [-0.2, 0) is 23.1 Å². The van der Waals surface area contributed by atoms with E-state index in [1.165, 1.54) is 15.6 Å². The van der Waals surface area contributed by atoms with Crippen molar-refractivity contribution in [1.82, 2.24) is 29.2 Å². The molecule has 3 aromatic rings. The number of nitrogens with zero attached hydrogens (tertiary/aromatic N) is 5. The first-order valence-electron chi connectivity index (χ1n) is 10.2. The maximum Gasteiger partial charge on any atom is 0.282 e. The number of fused-ring (bicyclic) bond motifs is 2. The molecule has 1 saturated heterocycles. The van der Waals surface area contributed by atoms with E-state index in [1.54, 1.807) is 29.2 Å². The quantitative estimate of drug-likeness (QED) is 0.559. The van der Waals surface area contributed by atoms with Crippen molar-refractivity contribution in [3.8, 4) is 0 Å². The van der Waals surface area contributed by atoms with Crippen molar-refractivity contribution >= 4 is 62.2 Å². The van der Waals surface area contributed by atoms with Gasteiger partial charge in [-0.1, -0.05) is 11.6 Å². The minimum atomic E-state index is -3.69. The predicted octanol–water partition coefficient (Wildman–Crippen LogP) is 2.64. The Morgan fingerprint density at radius 3 is 2.52 bits per heavy atom. The van der Waals surface area contributed by atoms with E-state index in [0.717, 1.165) is 22.5 Å². The SMILES string of the molecule is CN1Cc2nc(C(=O)N3CCN(S(=O)(=O)c4cc5cc(Cl)ccc5[nH]4)CC3)sc2CN1C.Cl. The van der Waals surface area contributed by atoms with Crippen molar-refractivity contribution in [2.75, 3.05) is 40.3 Å². The summed E-state index contributed by atoms with van der Waals surface area (Å²) < 4.78 is 27.7. The van der Waals surface area contributed by atoms with Crippen LogP contribution in [0, 0.1) is 0 Å². The summed E-state index contributed by atoms with van der Waals surface area (Å²) in [4.78, 5) is 23.3. The molecule has 2 aliphatic rings. The topological polar surface area (TPSA) is 92.9 Å². The van der Waals surface area contributed by atoms with Gasteiger partial charge in [0.25, 0.3) is 15.9 Å². The fourth-order valence-electron chi connectivity index (χ4n) is 4.01. The van der Waals surface area contributed by atoms with E-state index in [0.29, 0.717) is 35.2 Å². The lowest BCUT2D eigenvalue weighted by Crippen LogP contribution is -2.50. The van der Waals surface area contributed by atoms with Crippen molar-refractivity contribution in [1.29, 1.82) is 0 Å². The van der Waals surface area contributed by atoms with Gasteiger partial charge in [0.2, 0.25) is 0 Å². The van der Waals surface area contributed by atoms with Gasteiger partial charge in [-0.3, -0.25) is 4.79 Å². The van der Waals surface area contributed by atoms with E-state index in [1.807, 2.05) is 14.1 Å². The number of H-pyrrole nitrogens is 1. The Hall–Kier alpha value is -1.73. The number of sulfonamides is 1. The van der Waals surface area contributed by atoms with Gasteiger partial charge in [0.1, 0.15) is 5.03 Å². The Morgan fingerprint density at radius 1 is 1.09 bits per heavy atom. The molecule has 9 nitrogen and oxygen atoms in total. The first-order chi connectivity index (χ1) is 15.2. The summed E-state index contributed by atoms with van der Waals surface area (Å²) in [7, 11) is 0.304. The molecule has 0 saturated carbocycles. The molecular weight excluding hydrogens is 507 g/mol. The molecule has 0 spiro atoms. The van der Waals surface area contributed by atoms with Crippen molar-refractivity contribution in [2.45, 2.75) is 18.1 Å². The zero-order valence-electron chi connectivity index (χ0n) is 18.1. The molecule has 0 atom stereocenters. The van der Waals surface area contributed by atoms with Gasteiger partial charge in [-0.2, -0.15) is 4.31 Å². The van der Waals surface area contributed by atoms with E-state index in [9.17, 15) is 13.2 Å². The largest absolute Gasteiger partial charge is 0.345 e. The van der Waals surface area contributed by atoms with Crippen LogP contribution in [-0.4, -0.2) is 83.8 Å². The van der Waals surface area contributed by atoms with Crippen LogP contribution in [0.4, 0.5) is 0 Å². The normalized spacial score (nSPS) is 18.3. The number of rotatable bonds is 3. The second-order valence-corrected chi connectivity index (χ2v) is 11.5. The van der Waals surface area contributed by atoms with Crippen molar-refractivity contribution in [2.24, 2.45) is 0 Å². The third-order valence-electron chi connectivity index (χ3n) is 6.00. The molecule has 0 radical (unpaired) electrons. The summed E-state index contributed by atoms with van der Waals surface area (Å²) in [6.45, 7) is 2.54. The number of benzene rings is 1. The molecule has 1 amide bonds. The van der Waals surface area contributed by atoms with E-state index in [2.05, 4.69) is 20.0 Å². The van der Waals surface area contributed by atoms with E-state index < -0.39 is 10.0 Å². The Morgan fingerprint density at radius 2 is 1.79 bits per heavy atom. The number of piperazine rings is 1. The highest BCUT2D eigenvalue weighted by atomic mass is 35.5. The number of thiazole rings is 1. The first-order valence-corrected chi connectivity index (χ1v) is 12.8. The van der Waals surface area contributed by atoms with Gasteiger partial charge >= 0.3 is 0 Å². The van der Waals surface area contributed by atoms with Crippen LogP contribution in [0.2, 0.25) is 5.02 Å². The first kappa shape index (κ1) is 24.4. The summed E-state index contributed by atoms with van der Waals surface area (Å²) in [5.74, 6) is -0.132. The maximum atomic E-state index is 13.1. The van der Waals surface area contributed by atoms with Crippen molar-refractivity contribution in [3.05, 3.63) is 44.9 Å². The summed E-state index contributed by atoms with van der Waals surface area (Å²) >= 11 is 7.45. The Balaban J connectivity index is 0.00000259. The number of hydrazine groups is 1. The van der Waals surface area contributed by atoms with Crippen LogP contribution >= 0.6 is 35.3 Å². The molecule has 1 aromatic carbocycles. The van der Waals surface area contributed by atoms with E-state index >= 15 is 0 Å². The smallest absolute Gasteiger partial charge is 0.282 e. The van der Waals surface area contributed by atoms with Gasteiger partial charge in [0.15, 0.2) is 5.01 Å². The molecule has 2 aromatic heterocycles.